The second-order valence-electron chi connectivity index (χ2n) is 4.26. The minimum Gasteiger partial charge on any atom is -0.305 e. The average molecular weight is 323 g/mol. The topological polar surface area (TPSA) is 16.1 Å². The summed E-state index contributed by atoms with van der Waals surface area (Å²) < 4.78 is 1.01. The molecule has 0 aliphatic carbocycles. The van der Waals surface area contributed by atoms with Crippen LogP contribution in [0.25, 0.3) is 0 Å². The molecule has 18 heavy (non-hydrogen) atoms. The molecule has 0 fully saturated rings. The first-order valence-electron chi connectivity index (χ1n) is 5.67. The highest BCUT2D eigenvalue weighted by Crippen LogP contribution is 2.29. The molecule has 4 heteroatoms. The summed E-state index contributed by atoms with van der Waals surface area (Å²) in [5, 5.41) is 1.02. The van der Waals surface area contributed by atoms with Crippen LogP contribution in [0.2, 0.25) is 0 Å². The predicted molar refractivity (Wildman–Crippen MR) is 79.9 cm³/mol. The van der Waals surface area contributed by atoms with Crippen LogP contribution in [-0.4, -0.2) is 24.0 Å². The van der Waals surface area contributed by atoms with Gasteiger partial charge in [0.1, 0.15) is 5.03 Å². The zero-order valence-corrected chi connectivity index (χ0v) is 12.8. The third kappa shape index (κ3) is 3.83. The molecule has 0 aliphatic heterocycles. The molecule has 0 bridgehead atoms. The van der Waals surface area contributed by atoms with Gasteiger partial charge in [-0.05, 0) is 53.8 Å². The van der Waals surface area contributed by atoms with Gasteiger partial charge in [-0.15, -0.1) is 0 Å². The summed E-state index contributed by atoms with van der Waals surface area (Å²) in [6, 6.07) is 12.5. The standard InChI is InChI=1S/C14H15BrN2S/c1-17(2)10-11-5-3-4-6-13(11)18-14-8-7-12(15)9-16-14/h3-9H,10H2,1-2H3. The van der Waals surface area contributed by atoms with Crippen molar-refractivity contribution >= 4 is 27.7 Å². The first-order chi connectivity index (χ1) is 8.65. The highest BCUT2D eigenvalue weighted by Gasteiger charge is 2.05. The van der Waals surface area contributed by atoms with Crippen LogP contribution in [0.15, 0.2) is 57.0 Å². The lowest BCUT2D eigenvalue weighted by molar-refractivity contribution is 0.399. The maximum Gasteiger partial charge on any atom is 0.101 e. The van der Waals surface area contributed by atoms with Crippen LogP contribution in [-0.2, 0) is 6.54 Å². The fourth-order valence-electron chi connectivity index (χ4n) is 1.61. The molecule has 0 aliphatic rings. The zero-order valence-electron chi connectivity index (χ0n) is 10.4. The second-order valence-corrected chi connectivity index (χ2v) is 6.24. The Hall–Kier alpha value is -0.840. The van der Waals surface area contributed by atoms with Crippen molar-refractivity contribution in [3.63, 3.8) is 0 Å². The van der Waals surface area contributed by atoms with Gasteiger partial charge in [-0.2, -0.15) is 0 Å². The van der Waals surface area contributed by atoms with E-state index >= 15 is 0 Å². The number of pyridine rings is 1. The van der Waals surface area contributed by atoms with E-state index in [-0.39, 0.29) is 0 Å². The third-order valence-electron chi connectivity index (χ3n) is 2.37. The molecule has 0 spiro atoms. The normalized spacial score (nSPS) is 10.9. The summed E-state index contributed by atoms with van der Waals surface area (Å²) in [6.07, 6.45) is 1.83. The first kappa shape index (κ1) is 13.6. The minimum absolute atomic E-state index is 0.944. The summed E-state index contributed by atoms with van der Waals surface area (Å²) in [4.78, 5) is 7.84. The molecule has 1 heterocycles. The van der Waals surface area contributed by atoms with Crippen LogP contribution >= 0.6 is 27.7 Å². The molecule has 1 aromatic carbocycles. The number of halogens is 1. The molecule has 2 aromatic rings. The monoisotopic (exact) mass is 322 g/mol. The van der Waals surface area contributed by atoms with Crippen LogP contribution in [0.1, 0.15) is 5.56 Å². The molecule has 0 saturated carbocycles. The molecule has 1 aromatic heterocycles. The van der Waals surface area contributed by atoms with Crippen molar-refractivity contribution in [3.05, 3.63) is 52.6 Å². The van der Waals surface area contributed by atoms with E-state index in [1.165, 1.54) is 10.5 Å². The Morgan fingerprint density at radius 1 is 1.17 bits per heavy atom. The Morgan fingerprint density at radius 2 is 1.94 bits per heavy atom. The number of hydrogen-bond donors (Lipinski definition) is 0. The van der Waals surface area contributed by atoms with Crippen molar-refractivity contribution in [3.8, 4) is 0 Å². The maximum absolute atomic E-state index is 4.40. The molecule has 0 unspecified atom stereocenters. The lowest BCUT2D eigenvalue weighted by Gasteiger charge is -2.13. The molecule has 94 valence electrons. The zero-order chi connectivity index (χ0) is 13.0. The van der Waals surface area contributed by atoms with Gasteiger partial charge in [0.15, 0.2) is 0 Å². The molecule has 2 rings (SSSR count). The van der Waals surface area contributed by atoms with Crippen LogP contribution in [0, 0.1) is 0 Å². The Balaban J connectivity index is 2.20. The van der Waals surface area contributed by atoms with Gasteiger partial charge in [0.05, 0.1) is 0 Å². The van der Waals surface area contributed by atoms with Crippen molar-refractivity contribution in [2.45, 2.75) is 16.5 Å². The van der Waals surface area contributed by atoms with Gasteiger partial charge in [0, 0.05) is 22.1 Å². The quantitative estimate of drug-likeness (QED) is 0.844. The number of benzene rings is 1. The SMILES string of the molecule is CN(C)Cc1ccccc1Sc1ccc(Br)cn1. The smallest absolute Gasteiger partial charge is 0.101 e. The van der Waals surface area contributed by atoms with Crippen LogP contribution < -0.4 is 0 Å². The summed E-state index contributed by atoms with van der Waals surface area (Å²) in [5.74, 6) is 0. The van der Waals surface area contributed by atoms with Gasteiger partial charge < -0.3 is 4.90 Å². The van der Waals surface area contributed by atoms with Crippen molar-refractivity contribution in [1.82, 2.24) is 9.88 Å². The van der Waals surface area contributed by atoms with Crippen LogP contribution in [0.3, 0.4) is 0 Å². The average Bonchev–Trinajstić information content (AvgIpc) is 2.34. The maximum atomic E-state index is 4.40. The third-order valence-corrected chi connectivity index (χ3v) is 3.91. The Morgan fingerprint density at radius 3 is 2.61 bits per heavy atom. The number of nitrogens with zero attached hydrogens (tertiary/aromatic N) is 2. The summed E-state index contributed by atoms with van der Waals surface area (Å²) in [7, 11) is 4.17. The van der Waals surface area contributed by atoms with Gasteiger partial charge in [-0.3, -0.25) is 0 Å². The van der Waals surface area contributed by atoms with Gasteiger partial charge in [0.2, 0.25) is 0 Å². The predicted octanol–water partition coefficient (Wildman–Crippen LogP) is 4.06. The molecule has 2 nitrogen and oxygen atoms in total. The lowest BCUT2D eigenvalue weighted by Crippen LogP contribution is -2.11. The molecular formula is C14H15BrN2S. The van der Waals surface area contributed by atoms with E-state index in [9.17, 15) is 0 Å². The molecule has 0 N–H and O–H groups in total. The van der Waals surface area contributed by atoms with E-state index in [4.69, 9.17) is 0 Å². The fraction of sp³-hybridized carbons (Fsp3) is 0.214. The molecule has 0 atom stereocenters. The summed E-state index contributed by atoms with van der Waals surface area (Å²) >= 11 is 5.11. The van der Waals surface area contributed by atoms with E-state index in [1.54, 1.807) is 11.8 Å². The van der Waals surface area contributed by atoms with Crippen molar-refractivity contribution < 1.29 is 0 Å². The Labute approximate surface area is 121 Å². The van der Waals surface area contributed by atoms with E-state index < -0.39 is 0 Å². The van der Waals surface area contributed by atoms with E-state index in [0.29, 0.717) is 0 Å². The fourth-order valence-corrected chi connectivity index (χ4v) is 2.72. The molecule has 0 radical (unpaired) electrons. The molecule has 0 amide bonds. The summed E-state index contributed by atoms with van der Waals surface area (Å²) in [5.41, 5.74) is 1.33. The molecule has 0 saturated heterocycles. The van der Waals surface area contributed by atoms with E-state index in [1.807, 2.05) is 18.3 Å². The Bertz CT molecular complexity index is 511. The van der Waals surface area contributed by atoms with Crippen molar-refractivity contribution in [1.29, 1.82) is 0 Å². The number of rotatable bonds is 4. The largest absolute Gasteiger partial charge is 0.305 e. The van der Waals surface area contributed by atoms with Gasteiger partial charge in [0.25, 0.3) is 0 Å². The minimum atomic E-state index is 0.944. The van der Waals surface area contributed by atoms with Crippen LogP contribution in [0.5, 0.6) is 0 Å². The van der Waals surface area contributed by atoms with Gasteiger partial charge in [-0.25, -0.2) is 4.98 Å². The number of aromatic nitrogens is 1. The van der Waals surface area contributed by atoms with Crippen molar-refractivity contribution in [2.75, 3.05) is 14.1 Å². The first-order valence-corrected chi connectivity index (χ1v) is 7.28. The highest BCUT2D eigenvalue weighted by atomic mass is 79.9. The van der Waals surface area contributed by atoms with Gasteiger partial charge in [-0.1, -0.05) is 30.0 Å². The van der Waals surface area contributed by atoms with Gasteiger partial charge >= 0.3 is 0 Å². The Kier molecular flexibility index (Phi) is 4.80. The molecular weight excluding hydrogens is 308 g/mol. The lowest BCUT2D eigenvalue weighted by atomic mass is 10.2. The number of hydrogen-bond acceptors (Lipinski definition) is 3. The second kappa shape index (κ2) is 6.36. The van der Waals surface area contributed by atoms with E-state index in [2.05, 4.69) is 64.2 Å². The van der Waals surface area contributed by atoms with E-state index in [0.717, 1.165) is 16.0 Å². The highest BCUT2D eigenvalue weighted by molar-refractivity contribution is 9.10. The van der Waals surface area contributed by atoms with Crippen molar-refractivity contribution in [2.24, 2.45) is 0 Å². The summed E-state index contributed by atoms with van der Waals surface area (Å²) in [6.45, 7) is 0.944. The van der Waals surface area contributed by atoms with Crippen LogP contribution in [0.4, 0.5) is 0 Å².